The molecule has 0 aliphatic rings. The topological polar surface area (TPSA) is 45.6 Å². The molecule has 1 rings (SSSR count). The quantitative estimate of drug-likeness (QED) is 0.385. The van der Waals surface area contributed by atoms with Crippen LogP contribution in [0.2, 0.25) is 0 Å². The van der Waals surface area contributed by atoms with Crippen molar-refractivity contribution in [3.8, 4) is 0 Å². The lowest BCUT2D eigenvalue weighted by Crippen LogP contribution is -2.37. The third-order valence-corrected chi connectivity index (χ3v) is 3.19. The highest BCUT2D eigenvalue weighted by atomic mass is 127. The van der Waals surface area contributed by atoms with Crippen LogP contribution >= 0.6 is 24.0 Å². The molecule has 5 heteroatoms. The molecule has 0 unspecified atom stereocenters. The number of hydrogen-bond acceptors (Lipinski definition) is 2. The number of halogens is 1. The fraction of sp³-hybridized carbons (Fsp3) is 0.588. The van der Waals surface area contributed by atoms with Crippen LogP contribution in [0.3, 0.4) is 0 Å². The van der Waals surface area contributed by atoms with Crippen LogP contribution in [-0.4, -0.2) is 26.2 Å². The summed E-state index contributed by atoms with van der Waals surface area (Å²) in [7, 11) is 1.80. The molecule has 0 saturated carbocycles. The lowest BCUT2D eigenvalue weighted by Gasteiger charge is -2.13. The second kappa shape index (κ2) is 12.7. The van der Waals surface area contributed by atoms with E-state index < -0.39 is 0 Å². The van der Waals surface area contributed by atoms with Gasteiger partial charge in [-0.25, -0.2) is 0 Å². The van der Waals surface area contributed by atoms with Gasteiger partial charge in [-0.05, 0) is 30.4 Å². The van der Waals surface area contributed by atoms with Crippen LogP contribution in [0.25, 0.3) is 0 Å². The molecule has 0 amide bonds. The zero-order valence-corrected chi connectivity index (χ0v) is 16.5. The fourth-order valence-corrected chi connectivity index (χ4v) is 1.86. The minimum atomic E-state index is 0. The number of nitrogens with zero attached hydrogens (tertiary/aromatic N) is 1. The Kier molecular flexibility index (Phi) is 12.2. The number of rotatable bonds is 8. The molecule has 0 atom stereocenters. The first-order valence-corrected chi connectivity index (χ1v) is 7.75. The molecule has 0 saturated heterocycles. The van der Waals surface area contributed by atoms with E-state index in [0.717, 1.165) is 32.1 Å². The molecule has 0 fully saturated rings. The number of aliphatic imine (C=N–C) groups is 1. The Hall–Kier alpha value is -0.820. The normalized spacial score (nSPS) is 11.2. The van der Waals surface area contributed by atoms with Gasteiger partial charge in [-0.2, -0.15) is 0 Å². The molecule has 2 N–H and O–H groups in total. The van der Waals surface area contributed by atoms with Crippen molar-refractivity contribution in [1.29, 1.82) is 0 Å². The maximum Gasteiger partial charge on any atom is 0.191 e. The Morgan fingerprint density at radius 1 is 1.14 bits per heavy atom. The number of benzene rings is 1. The van der Waals surface area contributed by atoms with Crippen molar-refractivity contribution in [2.24, 2.45) is 10.9 Å². The van der Waals surface area contributed by atoms with E-state index in [0.29, 0.717) is 12.5 Å². The van der Waals surface area contributed by atoms with Crippen molar-refractivity contribution < 1.29 is 4.74 Å². The van der Waals surface area contributed by atoms with E-state index in [-0.39, 0.29) is 24.0 Å². The van der Waals surface area contributed by atoms with Gasteiger partial charge in [-0.3, -0.25) is 4.99 Å². The minimum Gasteiger partial charge on any atom is -0.377 e. The summed E-state index contributed by atoms with van der Waals surface area (Å²) in [5.74, 6) is 1.56. The van der Waals surface area contributed by atoms with E-state index >= 15 is 0 Å². The molecule has 0 aliphatic carbocycles. The molecule has 4 nitrogen and oxygen atoms in total. The summed E-state index contributed by atoms with van der Waals surface area (Å²) in [6.45, 7) is 9.62. The summed E-state index contributed by atoms with van der Waals surface area (Å²) in [4.78, 5) is 4.23. The molecular formula is C17H30IN3O. The van der Waals surface area contributed by atoms with E-state index in [1.807, 2.05) is 6.92 Å². The molecule has 0 heterocycles. The highest BCUT2D eigenvalue weighted by molar-refractivity contribution is 14.0. The third-order valence-electron chi connectivity index (χ3n) is 3.19. The number of nitrogens with one attached hydrogen (secondary N) is 2. The van der Waals surface area contributed by atoms with Crippen molar-refractivity contribution in [2.45, 2.75) is 40.3 Å². The van der Waals surface area contributed by atoms with Crippen LogP contribution < -0.4 is 10.6 Å². The van der Waals surface area contributed by atoms with Crippen LogP contribution in [0.4, 0.5) is 0 Å². The van der Waals surface area contributed by atoms with Crippen LogP contribution in [0, 0.1) is 5.92 Å². The predicted octanol–water partition coefficient (Wildman–Crippen LogP) is 3.55. The van der Waals surface area contributed by atoms with Gasteiger partial charge in [0.05, 0.1) is 6.61 Å². The van der Waals surface area contributed by atoms with E-state index in [1.54, 1.807) is 7.05 Å². The van der Waals surface area contributed by atoms with E-state index in [1.165, 1.54) is 11.1 Å². The molecular weight excluding hydrogens is 389 g/mol. The largest absolute Gasteiger partial charge is 0.377 e. The second-order valence-corrected chi connectivity index (χ2v) is 5.49. The first-order valence-electron chi connectivity index (χ1n) is 7.75. The highest BCUT2D eigenvalue weighted by Gasteiger charge is 2.00. The second-order valence-electron chi connectivity index (χ2n) is 5.49. The lowest BCUT2D eigenvalue weighted by atomic mass is 10.1. The maximum atomic E-state index is 5.39. The van der Waals surface area contributed by atoms with Crippen molar-refractivity contribution in [3.05, 3.63) is 35.4 Å². The molecule has 0 aromatic heterocycles. The summed E-state index contributed by atoms with van der Waals surface area (Å²) in [6, 6.07) is 8.48. The van der Waals surface area contributed by atoms with Crippen molar-refractivity contribution >= 4 is 29.9 Å². The predicted molar refractivity (Wildman–Crippen MR) is 105 cm³/mol. The summed E-state index contributed by atoms with van der Waals surface area (Å²) < 4.78 is 5.39. The molecule has 0 aliphatic heterocycles. The minimum absolute atomic E-state index is 0. The zero-order valence-electron chi connectivity index (χ0n) is 14.2. The highest BCUT2D eigenvalue weighted by Crippen LogP contribution is 2.05. The first kappa shape index (κ1) is 21.2. The van der Waals surface area contributed by atoms with Gasteiger partial charge in [-0.15, -0.1) is 24.0 Å². The molecule has 126 valence electrons. The molecule has 22 heavy (non-hydrogen) atoms. The van der Waals surface area contributed by atoms with Crippen molar-refractivity contribution in [1.82, 2.24) is 10.6 Å². The number of ether oxygens (including phenoxy) is 1. The van der Waals surface area contributed by atoms with E-state index in [2.05, 4.69) is 53.7 Å². The van der Waals surface area contributed by atoms with E-state index in [4.69, 9.17) is 4.74 Å². The summed E-state index contributed by atoms with van der Waals surface area (Å²) in [6.07, 6.45) is 1.15. The number of hydrogen-bond donors (Lipinski definition) is 2. The smallest absolute Gasteiger partial charge is 0.191 e. The average Bonchev–Trinajstić information content (AvgIpc) is 2.49. The Morgan fingerprint density at radius 2 is 1.77 bits per heavy atom. The molecule has 0 radical (unpaired) electrons. The summed E-state index contributed by atoms with van der Waals surface area (Å²) in [5.41, 5.74) is 2.45. The van der Waals surface area contributed by atoms with Gasteiger partial charge >= 0.3 is 0 Å². The van der Waals surface area contributed by atoms with Gasteiger partial charge in [0.15, 0.2) is 5.96 Å². The Labute approximate surface area is 152 Å². The monoisotopic (exact) mass is 419 g/mol. The first-order chi connectivity index (χ1) is 10.2. The lowest BCUT2D eigenvalue weighted by molar-refractivity contribution is 0.134. The van der Waals surface area contributed by atoms with Gasteiger partial charge in [0.2, 0.25) is 0 Å². The van der Waals surface area contributed by atoms with Crippen LogP contribution in [0.15, 0.2) is 29.3 Å². The number of guanidine groups is 1. The van der Waals surface area contributed by atoms with Gasteiger partial charge in [0.25, 0.3) is 0 Å². The Bertz CT molecular complexity index is 418. The molecule has 1 aromatic carbocycles. The van der Waals surface area contributed by atoms with Gasteiger partial charge < -0.3 is 15.4 Å². The van der Waals surface area contributed by atoms with Crippen molar-refractivity contribution in [3.63, 3.8) is 0 Å². The van der Waals surface area contributed by atoms with Crippen LogP contribution in [-0.2, 0) is 17.9 Å². The molecule has 0 spiro atoms. The van der Waals surface area contributed by atoms with Gasteiger partial charge in [0.1, 0.15) is 0 Å². The standard InChI is InChI=1S/C17H29N3O.HI/c1-5-21-13-16-8-6-15(7-9-16)12-20-17(18-4)19-11-10-14(2)3;/h6-9,14H,5,10-13H2,1-4H3,(H2,18,19,20);1H. The van der Waals surface area contributed by atoms with Crippen LogP contribution in [0.5, 0.6) is 0 Å². The van der Waals surface area contributed by atoms with E-state index in [9.17, 15) is 0 Å². The maximum absolute atomic E-state index is 5.39. The fourth-order valence-electron chi connectivity index (χ4n) is 1.86. The Morgan fingerprint density at radius 3 is 2.32 bits per heavy atom. The third kappa shape index (κ3) is 9.25. The Balaban J connectivity index is 0.00000441. The SMILES string of the molecule is CCOCc1ccc(CNC(=NC)NCCC(C)C)cc1.I. The van der Waals surface area contributed by atoms with Gasteiger partial charge in [-0.1, -0.05) is 38.1 Å². The van der Waals surface area contributed by atoms with Crippen LogP contribution in [0.1, 0.15) is 38.3 Å². The zero-order chi connectivity index (χ0) is 15.5. The summed E-state index contributed by atoms with van der Waals surface area (Å²) >= 11 is 0. The summed E-state index contributed by atoms with van der Waals surface area (Å²) in [5, 5.41) is 6.66. The molecule has 0 bridgehead atoms. The van der Waals surface area contributed by atoms with Gasteiger partial charge in [0, 0.05) is 26.7 Å². The average molecular weight is 419 g/mol. The molecule has 1 aromatic rings. The van der Waals surface area contributed by atoms with Crippen molar-refractivity contribution in [2.75, 3.05) is 20.2 Å².